The van der Waals surface area contributed by atoms with Gasteiger partial charge in [-0.15, -0.1) is 10.2 Å². The van der Waals surface area contributed by atoms with Crippen LogP contribution in [-0.4, -0.2) is 20.5 Å². The van der Waals surface area contributed by atoms with Crippen LogP contribution in [0.2, 0.25) is 0 Å². The number of ketones is 1. The summed E-state index contributed by atoms with van der Waals surface area (Å²) in [5, 5.41) is 7.75. The Labute approximate surface area is 70.6 Å². The molecule has 4 nitrogen and oxygen atoms in total. The van der Waals surface area contributed by atoms with Crippen molar-refractivity contribution in [2.75, 3.05) is 0 Å². The molecule has 0 fully saturated rings. The van der Waals surface area contributed by atoms with E-state index in [2.05, 4.69) is 10.2 Å². The fourth-order valence-corrected chi connectivity index (χ4v) is 1.59. The number of rotatable bonds is 1. The van der Waals surface area contributed by atoms with E-state index < -0.39 is 0 Å². The van der Waals surface area contributed by atoms with Crippen LogP contribution in [0.4, 0.5) is 0 Å². The molecular weight excluding hydrogens is 154 g/mol. The number of hydrogen-bond donors (Lipinski definition) is 0. The van der Waals surface area contributed by atoms with Crippen molar-refractivity contribution in [3.63, 3.8) is 0 Å². The second kappa shape index (κ2) is 2.69. The van der Waals surface area contributed by atoms with E-state index in [9.17, 15) is 4.79 Å². The Bertz CT molecular complexity index is 305. The SMILES string of the molecule is CC(=O)[C@H]1CCn2cnnc2C1. The third kappa shape index (κ3) is 1.13. The van der Waals surface area contributed by atoms with Crippen LogP contribution < -0.4 is 0 Å². The highest BCUT2D eigenvalue weighted by Gasteiger charge is 2.22. The van der Waals surface area contributed by atoms with Gasteiger partial charge in [0, 0.05) is 18.9 Å². The second-order valence-corrected chi connectivity index (χ2v) is 3.24. The Morgan fingerprint density at radius 1 is 1.75 bits per heavy atom. The molecule has 0 aromatic carbocycles. The van der Waals surface area contributed by atoms with Crippen molar-refractivity contribution in [1.29, 1.82) is 0 Å². The van der Waals surface area contributed by atoms with Crippen LogP contribution in [0.3, 0.4) is 0 Å². The molecule has 2 heterocycles. The lowest BCUT2D eigenvalue weighted by Gasteiger charge is -2.19. The van der Waals surface area contributed by atoms with Crippen LogP contribution in [0.15, 0.2) is 6.33 Å². The van der Waals surface area contributed by atoms with E-state index >= 15 is 0 Å². The molecule has 0 bridgehead atoms. The van der Waals surface area contributed by atoms with Gasteiger partial charge >= 0.3 is 0 Å². The van der Waals surface area contributed by atoms with Crippen LogP contribution in [0, 0.1) is 5.92 Å². The lowest BCUT2D eigenvalue weighted by atomic mass is 9.94. The quantitative estimate of drug-likeness (QED) is 0.606. The van der Waals surface area contributed by atoms with Crippen molar-refractivity contribution in [1.82, 2.24) is 14.8 Å². The number of nitrogens with zero attached hydrogens (tertiary/aromatic N) is 3. The van der Waals surface area contributed by atoms with E-state index in [0.717, 1.165) is 25.2 Å². The molecule has 0 spiro atoms. The molecule has 1 aliphatic rings. The maximum atomic E-state index is 11.1. The fraction of sp³-hybridized carbons (Fsp3) is 0.625. The molecule has 1 atom stereocenters. The summed E-state index contributed by atoms with van der Waals surface area (Å²) in [4.78, 5) is 11.1. The predicted octanol–water partition coefficient (Wildman–Crippen LogP) is 0.429. The van der Waals surface area contributed by atoms with Crippen molar-refractivity contribution in [3.05, 3.63) is 12.2 Å². The van der Waals surface area contributed by atoms with Crippen molar-refractivity contribution in [2.24, 2.45) is 5.92 Å². The molecule has 1 aromatic heterocycles. The number of hydrogen-bond acceptors (Lipinski definition) is 3. The highest BCUT2D eigenvalue weighted by molar-refractivity contribution is 5.78. The Kier molecular flexibility index (Phi) is 1.67. The first-order valence-electron chi connectivity index (χ1n) is 4.14. The number of fused-ring (bicyclic) bond motifs is 1. The molecule has 0 saturated carbocycles. The standard InChI is InChI=1S/C8H11N3O/c1-6(12)7-2-3-11-5-9-10-8(11)4-7/h5,7H,2-4H2,1H3/t7-/m0/s1. The molecule has 0 aliphatic carbocycles. The minimum atomic E-state index is 0.168. The Hall–Kier alpha value is -1.19. The minimum Gasteiger partial charge on any atom is -0.318 e. The van der Waals surface area contributed by atoms with Gasteiger partial charge < -0.3 is 4.57 Å². The Morgan fingerprint density at radius 2 is 2.58 bits per heavy atom. The van der Waals surface area contributed by atoms with E-state index in [-0.39, 0.29) is 11.7 Å². The van der Waals surface area contributed by atoms with Crippen molar-refractivity contribution in [3.8, 4) is 0 Å². The molecule has 12 heavy (non-hydrogen) atoms. The van der Waals surface area contributed by atoms with Crippen molar-refractivity contribution < 1.29 is 4.79 Å². The average molecular weight is 165 g/mol. The normalized spacial score (nSPS) is 21.9. The molecule has 0 N–H and O–H groups in total. The maximum Gasteiger partial charge on any atom is 0.133 e. The third-order valence-electron chi connectivity index (χ3n) is 2.42. The first kappa shape index (κ1) is 7.46. The van der Waals surface area contributed by atoms with Gasteiger partial charge in [0.2, 0.25) is 0 Å². The molecule has 1 aliphatic heterocycles. The van der Waals surface area contributed by atoms with Gasteiger partial charge in [-0.1, -0.05) is 0 Å². The molecular formula is C8H11N3O. The van der Waals surface area contributed by atoms with Crippen molar-refractivity contribution >= 4 is 5.78 Å². The number of Topliss-reactive ketones (excluding diaryl/α,β-unsaturated/α-hetero) is 1. The number of aryl methyl sites for hydroxylation is 1. The smallest absolute Gasteiger partial charge is 0.133 e. The van der Waals surface area contributed by atoms with E-state index in [1.54, 1.807) is 13.3 Å². The van der Waals surface area contributed by atoms with Gasteiger partial charge in [-0.2, -0.15) is 0 Å². The summed E-state index contributed by atoms with van der Waals surface area (Å²) in [7, 11) is 0. The van der Waals surface area contributed by atoms with Gasteiger partial charge in [-0.05, 0) is 13.3 Å². The van der Waals surface area contributed by atoms with E-state index in [0.29, 0.717) is 0 Å². The third-order valence-corrected chi connectivity index (χ3v) is 2.42. The van der Waals surface area contributed by atoms with E-state index in [4.69, 9.17) is 0 Å². The minimum absolute atomic E-state index is 0.168. The zero-order chi connectivity index (χ0) is 8.55. The first-order chi connectivity index (χ1) is 5.77. The Morgan fingerprint density at radius 3 is 3.33 bits per heavy atom. The average Bonchev–Trinajstić information content (AvgIpc) is 2.49. The summed E-state index contributed by atoms with van der Waals surface area (Å²) in [5.41, 5.74) is 0. The molecule has 2 rings (SSSR count). The number of aromatic nitrogens is 3. The lowest BCUT2D eigenvalue weighted by molar-refractivity contribution is -0.121. The molecule has 0 saturated heterocycles. The zero-order valence-corrected chi connectivity index (χ0v) is 7.03. The molecule has 0 unspecified atom stereocenters. The van der Waals surface area contributed by atoms with E-state index in [1.165, 1.54) is 0 Å². The Balaban J connectivity index is 2.20. The van der Waals surface area contributed by atoms with Gasteiger partial charge in [-0.3, -0.25) is 4.79 Å². The van der Waals surface area contributed by atoms with Gasteiger partial charge in [0.05, 0.1) is 0 Å². The van der Waals surface area contributed by atoms with Gasteiger partial charge in [0.25, 0.3) is 0 Å². The summed E-state index contributed by atoms with van der Waals surface area (Å²) in [6.07, 6.45) is 3.42. The van der Waals surface area contributed by atoms with Gasteiger partial charge in [0.1, 0.15) is 17.9 Å². The highest BCUT2D eigenvalue weighted by Crippen LogP contribution is 2.18. The van der Waals surface area contributed by atoms with Gasteiger partial charge in [0.15, 0.2) is 0 Å². The highest BCUT2D eigenvalue weighted by atomic mass is 16.1. The summed E-state index contributed by atoms with van der Waals surface area (Å²) in [6, 6.07) is 0. The van der Waals surface area contributed by atoms with Crippen LogP contribution in [-0.2, 0) is 17.8 Å². The predicted molar refractivity (Wildman–Crippen MR) is 42.5 cm³/mol. The summed E-state index contributed by atoms with van der Waals surface area (Å²) in [6.45, 7) is 2.53. The lowest BCUT2D eigenvalue weighted by Crippen LogP contribution is -2.24. The van der Waals surface area contributed by atoms with Crippen molar-refractivity contribution in [2.45, 2.75) is 26.3 Å². The topological polar surface area (TPSA) is 47.8 Å². The van der Waals surface area contributed by atoms with Crippen LogP contribution in [0.1, 0.15) is 19.2 Å². The second-order valence-electron chi connectivity index (χ2n) is 3.24. The first-order valence-corrected chi connectivity index (χ1v) is 4.14. The molecule has 1 aromatic rings. The molecule has 0 radical (unpaired) electrons. The molecule has 64 valence electrons. The monoisotopic (exact) mass is 165 g/mol. The molecule has 4 heteroatoms. The summed E-state index contributed by atoms with van der Waals surface area (Å²) in [5.74, 6) is 1.38. The molecule has 0 amide bonds. The number of carbonyl (C=O) groups excluding carboxylic acids is 1. The largest absolute Gasteiger partial charge is 0.318 e. The van der Waals surface area contributed by atoms with Gasteiger partial charge in [-0.25, -0.2) is 0 Å². The zero-order valence-electron chi connectivity index (χ0n) is 7.03. The van der Waals surface area contributed by atoms with Crippen LogP contribution >= 0.6 is 0 Å². The fourth-order valence-electron chi connectivity index (χ4n) is 1.59. The van der Waals surface area contributed by atoms with Crippen LogP contribution in [0.25, 0.3) is 0 Å². The number of carbonyl (C=O) groups is 1. The maximum absolute atomic E-state index is 11.1. The summed E-state index contributed by atoms with van der Waals surface area (Å²) < 4.78 is 2.01. The summed E-state index contributed by atoms with van der Waals surface area (Å²) >= 11 is 0. The van der Waals surface area contributed by atoms with E-state index in [1.807, 2.05) is 4.57 Å². The van der Waals surface area contributed by atoms with Crippen LogP contribution in [0.5, 0.6) is 0 Å².